The van der Waals surface area contributed by atoms with Crippen molar-refractivity contribution in [2.45, 2.75) is 58.2 Å². The molecule has 2 atom stereocenters. The summed E-state index contributed by atoms with van der Waals surface area (Å²) in [5.74, 6) is 0.490. The Kier molecular flexibility index (Phi) is 7.36. The maximum absolute atomic E-state index is 13.3. The molecule has 0 saturated carbocycles. The van der Waals surface area contributed by atoms with E-state index in [1.165, 1.54) is 0 Å². The van der Waals surface area contributed by atoms with Gasteiger partial charge in [0.05, 0.1) is 24.8 Å². The molecule has 2 aromatic carbocycles. The van der Waals surface area contributed by atoms with Crippen LogP contribution in [-0.2, 0) is 13.0 Å². The number of aromatic nitrogens is 1. The molecule has 0 radical (unpaired) electrons. The summed E-state index contributed by atoms with van der Waals surface area (Å²) in [4.78, 5) is 26.6. The van der Waals surface area contributed by atoms with Gasteiger partial charge in [-0.15, -0.1) is 0 Å². The van der Waals surface area contributed by atoms with Crippen LogP contribution in [0.2, 0.25) is 0 Å². The van der Waals surface area contributed by atoms with Crippen molar-refractivity contribution in [2.24, 2.45) is 0 Å². The number of benzene rings is 2. The molecule has 6 heteroatoms. The maximum Gasteiger partial charge on any atom is 0.268 e. The molecule has 178 valence electrons. The lowest BCUT2D eigenvalue weighted by Gasteiger charge is -2.21. The van der Waals surface area contributed by atoms with E-state index in [4.69, 9.17) is 4.74 Å². The summed E-state index contributed by atoms with van der Waals surface area (Å²) in [5.41, 5.74) is 4.18. The van der Waals surface area contributed by atoms with Crippen LogP contribution in [0.4, 0.5) is 0 Å². The summed E-state index contributed by atoms with van der Waals surface area (Å²) < 4.78 is 7.25. The Morgan fingerprint density at radius 2 is 1.71 bits per heavy atom. The van der Waals surface area contributed by atoms with Crippen molar-refractivity contribution in [3.05, 3.63) is 88.7 Å². The highest BCUT2D eigenvalue weighted by Gasteiger charge is 2.27. The highest BCUT2D eigenvalue weighted by Crippen LogP contribution is 2.26. The number of amides is 2. The molecule has 0 saturated heterocycles. The molecule has 3 aromatic rings. The van der Waals surface area contributed by atoms with E-state index in [1.54, 1.807) is 13.2 Å². The third kappa shape index (κ3) is 5.01. The molecule has 2 amide bonds. The van der Waals surface area contributed by atoms with Gasteiger partial charge in [-0.05, 0) is 61.9 Å². The van der Waals surface area contributed by atoms with Crippen molar-refractivity contribution in [1.29, 1.82) is 0 Å². The minimum atomic E-state index is -0.173. The van der Waals surface area contributed by atoms with Crippen LogP contribution in [0.3, 0.4) is 0 Å². The highest BCUT2D eigenvalue weighted by atomic mass is 16.5. The number of ether oxygens (including phenoxy) is 1. The Bertz CT molecular complexity index is 1140. The summed E-state index contributed by atoms with van der Waals surface area (Å²) in [6.07, 6.45) is 3.60. The van der Waals surface area contributed by atoms with E-state index in [0.717, 1.165) is 54.8 Å². The first-order chi connectivity index (χ1) is 16.5. The van der Waals surface area contributed by atoms with E-state index in [0.29, 0.717) is 11.3 Å². The summed E-state index contributed by atoms with van der Waals surface area (Å²) in [6, 6.07) is 19.2. The Hall–Kier alpha value is -3.54. The molecule has 0 bridgehead atoms. The number of nitrogens with one attached hydrogen (secondary N) is 2. The van der Waals surface area contributed by atoms with Crippen LogP contribution in [0.15, 0.2) is 60.7 Å². The minimum Gasteiger partial charge on any atom is -0.497 e. The minimum absolute atomic E-state index is 0.0692. The van der Waals surface area contributed by atoms with Crippen molar-refractivity contribution in [3.63, 3.8) is 0 Å². The molecular weight excluding hydrogens is 426 g/mol. The standard InChI is InChI=1S/C28H33N3O3/c1-4-24(21-10-6-5-7-11-21)30-27(32)23-18-26(31-17-9-8-12-25(23)31)28(33)29-19(2)20-13-15-22(34-3)16-14-20/h5-7,10-11,13-16,18-19,24H,4,8-9,12,17H2,1-3H3,(H,29,33)(H,30,32). The molecule has 4 rings (SSSR count). The zero-order chi connectivity index (χ0) is 24.1. The number of fused-ring (bicyclic) bond motifs is 1. The first kappa shape index (κ1) is 23.6. The number of methoxy groups -OCH3 is 1. The van der Waals surface area contributed by atoms with Crippen molar-refractivity contribution >= 4 is 11.8 Å². The van der Waals surface area contributed by atoms with Gasteiger partial charge in [0.2, 0.25) is 0 Å². The predicted octanol–water partition coefficient (Wildman–Crippen LogP) is 5.21. The number of hydrogen-bond donors (Lipinski definition) is 2. The molecule has 1 aromatic heterocycles. The van der Waals surface area contributed by atoms with Gasteiger partial charge in [-0.3, -0.25) is 9.59 Å². The second-order valence-corrected chi connectivity index (χ2v) is 8.81. The van der Waals surface area contributed by atoms with E-state index in [9.17, 15) is 9.59 Å². The van der Waals surface area contributed by atoms with Gasteiger partial charge in [0.1, 0.15) is 11.4 Å². The van der Waals surface area contributed by atoms with Gasteiger partial charge in [-0.1, -0.05) is 49.4 Å². The van der Waals surface area contributed by atoms with Crippen LogP contribution >= 0.6 is 0 Å². The summed E-state index contributed by atoms with van der Waals surface area (Å²) in [6.45, 7) is 4.77. The molecule has 0 spiro atoms. The van der Waals surface area contributed by atoms with Crippen molar-refractivity contribution < 1.29 is 14.3 Å². The number of carbonyl (C=O) groups excluding carboxylic acids is 2. The largest absolute Gasteiger partial charge is 0.497 e. The molecule has 0 aliphatic carbocycles. The highest BCUT2D eigenvalue weighted by molar-refractivity contribution is 6.01. The lowest BCUT2D eigenvalue weighted by Crippen LogP contribution is -2.29. The lowest BCUT2D eigenvalue weighted by atomic mass is 10.0. The maximum atomic E-state index is 13.3. The van der Waals surface area contributed by atoms with E-state index in [-0.39, 0.29) is 23.9 Å². The van der Waals surface area contributed by atoms with Gasteiger partial charge in [0, 0.05) is 12.2 Å². The Balaban J connectivity index is 1.55. The predicted molar refractivity (Wildman–Crippen MR) is 133 cm³/mol. The van der Waals surface area contributed by atoms with E-state index < -0.39 is 0 Å². The summed E-state index contributed by atoms with van der Waals surface area (Å²) in [7, 11) is 1.63. The van der Waals surface area contributed by atoms with Crippen LogP contribution < -0.4 is 15.4 Å². The quantitative estimate of drug-likeness (QED) is 0.486. The first-order valence-electron chi connectivity index (χ1n) is 12.0. The van der Waals surface area contributed by atoms with Crippen LogP contribution in [0, 0.1) is 0 Å². The first-order valence-corrected chi connectivity index (χ1v) is 12.0. The normalized spacial score (nSPS) is 14.6. The van der Waals surface area contributed by atoms with Crippen molar-refractivity contribution in [1.82, 2.24) is 15.2 Å². The fraction of sp³-hybridized carbons (Fsp3) is 0.357. The van der Waals surface area contributed by atoms with Crippen molar-refractivity contribution in [2.75, 3.05) is 7.11 Å². The monoisotopic (exact) mass is 459 g/mol. The van der Waals surface area contributed by atoms with Gasteiger partial charge in [0.25, 0.3) is 11.8 Å². The van der Waals surface area contributed by atoms with E-state index >= 15 is 0 Å². The molecule has 2 N–H and O–H groups in total. The van der Waals surface area contributed by atoms with Crippen LogP contribution in [0.5, 0.6) is 5.75 Å². The molecule has 34 heavy (non-hydrogen) atoms. The topological polar surface area (TPSA) is 72.4 Å². The van der Waals surface area contributed by atoms with Gasteiger partial charge in [-0.25, -0.2) is 0 Å². The second kappa shape index (κ2) is 10.6. The van der Waals surface area contributed by atoms with Crippen LogP contribution in [0.1, 0.15) is 82.9 Å². The Morgan fingerprint density at radius 3 is 2.38 bits per heavy atom. The van der Waals surface area contributed by atoms with E-state index in [1.807, 2.05) is 66.1 Å². The van der Waals surface area contributed by atoms with Crippen molar-refractivity contribution in [3.8, 4) is 5.75 Å². The Labute approximate surface area is 201 Å². The number of nitrogens with zero attached hydrogens (tertiary/aromatic N) is 1. The molecule has 1 aliphatic rings. The Morgan fingerprint density at radius 1 is 0.971 bits per heavy atom. The van der Waals surface area contributed by atoms with Gasteiger partial charge in [-0.2, -0.15) is 0 Å². The lowest BCUT2D eigenvalue weighted by molar-refractivity contribution is 0.0925. The molecule has 0 fully saturated rings. The fourth-order valence-corrected chi connectivity index (χ4v) is 4.65. The zero-order valence-corrected chi connectivity index (χ0v) is 20.1. The molecular formula is C28H33N3O3. The smallest absolute Gasteiger partial charge is 0.268 e. The average Bonchev–Trinajstić information content (AvgIpc) is 3.28. The van der Waals surface area contributed by atoms with Crippen LogP contribution in [0.25, 0.3) is 0 Å². The van der Waals surface area contributed by atoms with Gasteiger partial charge in [0.15, 0.2) is 0 Å². The van der Waals surface area contributed by atoms with E-state index in [2.05, 4.69) is 17.6 Å². The number of carbonyl (C=O) groups is 2. The summed E-state index contributed by atoms with van der Waals surface area (Å²) >= 11 is 0. The number of hydrogen-bond acceptors (Lipinski definition) is 3. The average molecular weight is 460 g/mol. The van der Waals surface area contributed by atoms with Gasteiger partial charge < -0.3 is 19.9 Å². The third-order valence-corrected chi connectivity index (χ3v) is 6.61. The zero-order valence-electron chi connectivity index (χ0n) is 20.1. The summed E-state index contributed by atoms with van der Waals surface area (Å²) in [5, 5.41) is 6.28. The molecule has 2 unspecified atom stereocenters. The second-order valence-electron chi connectivity index (χ2n) is 8.81. The molecule has 6 nitrogen and oxygen atoms in total. The molecule has 1 aliphatic heterocycles. The third-order valence-electron chi connectivity index (χ3n) is 6.61. The van der Waals surface area contributed by atoms with Gasteiger partial charge >= 0.3 is 0 Å². The fourth-order valence-electron chi connectivity index (χ4n) is 4.65. The molecule has 2 heterocycles. The number of rotatable bonds is 8. The SMILES string of the molecule is CCC(NC(=O)c1cc(C(=O)NC(C)c2ccc(OC)cc2)n2c1CCCC2)c1ccccc1. The van der Waals surface area contributed by atoms with Crippen LogP contribution in [-0.4, -0.2) is 23.5 Å².